The van der Waals surface area contributed by atoms with E-state index in [0.717, 1.165) is 16.5 Å². The molecule has 0 aliphatic heterocycles. The molecule has 2 aromatic heterocycles. The fraction of sp³-hybridized carbons (Fsp3) is 0.0417. The number of aromatic amines is 1. The highest BCUT2D eigenvalue weighted by Gasteiger charge is 2.07. The molecule has 0 saturated heterocycles. The first kappa shape index (κ1) is 21.1. The molecule has 2 amide bonds. The lowest BCUT2D eigenvalue weighted by Crippen LogP contribution is -2.18. The van der Waals surface area contributed by atoms with Crippen molar-refractivity contribution in [1.82, 2.24) is 15.3 Å². The number of aromatic nitrogens is 2. The van der Waals surface area contributed by atoms with Crippen LogP contribution in [0.4, 0.5) is 5.69 Å². The van der Waals surface area contributed by atoms with E-state index in [9.17, 15) is 9.59 Å². The van der Waals surface area contributed by atoms with Crippen LogP contribution in [0.25, 0.3) is 17.0 Å². The van der Waals surface area contributed by atoms with Gasteiger partial charge in [0.25, 0.3) is 5.91 Å². The molecule has 32 heavy (non-hydrogen) atoms. The quantitative estimate of drug-likeness (QED) is 0.362. The second kappa shape index (κ2) is 9.36. The summed E-state index contributed by atoms with van der Waals surface area (Å²) in [5.74, 6) is 0.483. The molecule has 4 rings (SSSR count). The van der Waals surface area contributed by atoms with E-state index >= 15 is 0 Å². The Morgan fingerprint density at radius 3 is 2.66 bits per heavy atom. The van der Waals surface area contributed by atoms with Crippen LogP contribution in [0.2, 0.25) is 5.02 Å². The normalized spacial score (nSPS) is 10.9. The van der Waals surface area contributed by atoms with Crippen molar-refractivity contribution in [3.63, 3.8) is 0 Å². The van der Waals surface area contributed by atoms with Crippen LogP contribution in [0, 0.1) is 0 Å². The number of nitrogens with zero attached hydrogens (tertiary/aromatic N) is 1. The molecule has 0 bridgehead atoms. The Morgan fingerprint density at radius 1 is 1.06 bits per heavy atom. The van der Waals surface area contributed by atoms with Crippen LogP contribution in [0.15, 0.2) is 73.1 Å². The Morgan fingerprint density at radius 2 is 1.88 bits per heavy atom. The standard InChI is InChI=1S/C24H19ClN4O3/c1-26-24(31)22-13-19(10-11-27-22)32-18-6-4-17(5-7-18)29-23(30)9-2-15-14-28-21-8-3-16(25)12-20(15)21/h2-14,28H,1H3,(H,26,31)(H,29,30). The van der Waals surface area contributed by atoms with Gasteiger partial charge in [-0.3, -0.25) is 14.6 Å². The van der Waals surface area contributed by atoms with Gasteiger partial charge in [-0.1, -0.05) is 11.6 Å². The molecule has 7 nitrogen and oxygen atoms in total. The first-order chi connectivity index (χ1) is 15.5. The van der Waals surface area contributed by atoms with Crippen molar-refractivity contribution in [2.75, 3.05) is 12.4 Å². The topological polar surface area (TPSA) is 96.1 Å². The molecule has 4 aromatic rings. The van der Waals surface area contributed by atoms with Crippen LogP contribution >= 0.6 is 11.6 Å². The average molecular weight is 447 g/mol. The number of hydrogen-bond donors (Lipinski definition) is 3. The van der Waals surface area contributed by atoms with Gasteiger partial charge >= 0.3 is 0 Å². The minimum atomic E-state index is -0.294. The van der Waals surface area contributed by atoms with Gasteiger partial charge in [0.15, 0.2) is 0 Å². The summed E-state index contributed by atoms with van der Waals surface area (Å²) < 4.78 is 5.76. The third-order valence-electron chi connectivity index (χ3n) is 4.64. The number of nitrogens with one attached hydrogen (secondary N) is 3. The van der Waals surface area contributed by atoms with Gasteiger partial charge in [0.05, 0.1) is 0 Å². The van der Waals surface area contributed by atoms with Crippen LogP contribution in [0.3, 0.4) is 0 Å². The van der Waals surface area contributed by atoms with Crippen molar-refractivity contribution in [2.24, 2.45) is 0 Å². The number of carbonyl (C=O) groups excluding carboxylic acids is 2. The smallest absolute Gasteiger partial charge is 0.269 e. The van der Waals surface area contributed by atoms with Gasteiger partial charge in [0.1, 0.15) is 17.2 Å². The molecule has 0 atom stereocenters. The number of amides is 2. The number of ether oxygens (including phenoxy) is 1. The number of fused-ring (bicyclic) bond motifs is 1. The first-order valence-corrected chi connectivity index (χ1v) is 10.1. The molecule has 0 aliphatic carbocycles. The summed E-state index contributed by atoms with van der Waals surface area (Å²) in [5, 5.41) is 6.90. The summed E-state index contributed by atoms with van der Waals surface area (Å²) in [7, 11) is 1.54. The van der Waals surface area contributed by atoms with Crippen LogP contribution in [0.1, 0.15) is 16.1 Å². The monoisotopic (exact) mass is 446 g/mol. The molecule has 0 aliphatic rings. The lowest BCUT2D eigenvalue weighted by Gasteiger charge is -2.08. The van der Waals surface area contributed by atoms with E-state index in [-0.39, 0.29) is 17.5 Å². The minimum absolute atomic E-state index is 0.262. The molecule has 0 unspecified atom stereocenters. The Hall–Kier alpha value is -4.10. The van der Waals surface area contributed by atoms with Crippen LogP contribution < -0.4 is 15.4 Å². The zero-order valence-corrected chi connectivity index (χ0v) is 17.8. The molecule has 2 heterocycles. The van der Waals surface area contributed by atoms with Crippen LogP contribution in [0.5, 0.6) is 11.5 Å². The summed E-state index contributed by atoms with van der Waals surface area (Å²) in [4.78, 5) is 31.1. The van der Waals surface area contributed by atoms with E-state index in [1.54, 1.807) is 42.5 Å². The minimum Gasteiger partial charge on any atom is -0.457 e. The summed E-state index contributed by atoms with van der Waals surface area (Å²) in [6.07, 6.45) is 6.52. The fourth-order valence-corrected chi connectivity index (χ4v) is 3.24. The van der Waals surface area contributed by atoms with Gasteiger partial charge in [-0.15, -0.1) is 0 Å². The lowest BCUT2D eigenvalue weighted by molar-refractivity contribution is -0.111. The van der Waals surface area contributed by atoms with Crippen LogP contribution in [-0.2, 0) is 4.79 Å². The molecule has 160 valence electrons. The highest BCUT2D eigenvalue weighted by molar-refractivity contribution is 6.31. The van der Waals surface area contributed by atoms with E-state index < -0.39 is 0 Å². The van der Waals surface area contributed by atoms with Crippen molar-refractivity contribution < 1.29 is 14.3 Å². The van der Waals surface area contributed by atoms with E-state index in [2.05, 4.69) is 20.6 Å². The molecule has 3 N–H and O–H groups in total. The maximum atomic E-state index is 12.3. The average Bonchev–Trinajstić information content (AvgIpc) is 3.20. The van der Waals surface area contributed by atoms with Crippen molar-refractivity contribution in [3.8, 4) is 11.5 Å². The third-order valence-corrected chi connectivity index (χ3v) is 4.87. The Bertz CT molecular complexity index is 1310. The molecule has 0 spiro atoms. The Kier molecular flexibility index (Phi) is 6.19. The molecule has 2 aromatic carbocycles. The van der Waals surface area contributed by atoms with Crippen molar-refractivity contribution in [1.29, 1.82) is 0 Å². The van der Waals surface area contributed by atoms with Gasteiger partial charge in [-0.05, 0) is 60.2 Å². The van der Waals surface area contributed by atoms with Crippen molar-refractivity contribution in [2.45, 2.75) is 0 Å². The number of pyridine rings is 1. The number of benzene rings is 2. The number of anilines is 1. The molecular weight excluding hydrogens is 428 g/mol. The summed E-state index contributed by atoms with van der Waals surface area (Å²) >= 11 is 6.06. The Balaban J connectivity index is 1.39. The van der Waals surface area contributed by atoms with E-state index in [0.29, 0.717) is 22.2 Å². The molecular formula is C24H19ClN4O3. The number of rotatable bonds is 6. The first-order valence-electron chi connectivity index (χ1n) is 9.73. The second-order valence-electron chi connectivity index (χ2n) is 6.84. The number of carbonyl (C=O) groups is 2. The van der Waals surface area contributed by atoms with E-state index in [4.69, 9.17) is 16.3 Å². The number of H-pyrrole nitrogens is 1. The predicted octanol–water partition coefficient (Wildman–Crippen LogP) is 5.02. The molecule has 0 saturated carbocycles. The Labute approximate surface area is 189 Å². The SMILES string of the molecule is CNC(=O)c1cc(Oc2ccc(NC(=O)C=Cc3c[nH]c4ccc(Cl)cc34)cc2)ccn1. The largest absolute Gasteiger partial charge is 0.457 e. The highest BCUT2D eigenvalue weighted by Crippen LogP contribution is 2.24. The number of hydrogen-bond acceptors (Lipinski definition) is 4. The zero-order valence-electron chi connectivity index (χ0n) is 17.1. The van der Waals surface area contributed by atoms with Crippen molar-refractivity contribution in [3.05, 3.63) is 89.3 Å². The van der Waals surface area contributed by atoms with Gasteiger partial charge < -0.3 is 20.4 Å². The van der Waals surface area contributed by atoms with Gasteiger partial charge in [0, 0.05) is 53.2 Å². The molecule has 0 radical (unpaired) electrons. The summed E-state index contributed by atoms with van der Waals surface area (Å²) in [6, 6.07) is 15.7. The van der Waals surface area contributed by atoms with Crippen molar-refractivity contribution >= 4 is 46.1 Å². The van der Waals surface area contributed by atoms with E-state index in [1.807, 2.05) is 24.4 Å². The predicted molar refractivity (Wildman–Crippen MR) is 125 cm³/mol. The second-order valence-corrected chi connectivity index (χ2v) is 7.28. The maximum Gasteiger partial charge on any atom is 0.269 e. The lowest BCUT2D eigenvalue weighted by atomic mass is 10.1. The summed E-state index contributed by atoms with van der Waals surface area (Å²) in [5.41, 5.74) is 2.70. The molecule has 0 fully saturated rings. The van der Waals surface area contributed by atoms with Crippen LogP contribution in [-0.4, -0.2) is 28.8 Å². The molecule has 8 heteroatoms. The highest BCUT2D eigenvalue weighted by atomic mass is 35.5. The van der Waals surface area contributed by atoms with E-state index in [1.165, 1.54) is 19.3 Å². The number of halogens is 1. The third kappa shape index (κ3) is 4.96. The fourth-order valence-electron chi connectivity index (χ4n) is 3.07. The summed E-state index contributed by atoms with van der Waals surface area (Å²) in [6.45, 7) is 0. The van der Waals surface area contributed by atoms with Gasteiger partial charge in [0.2, 0.25) is 5.91 Å². The van der Waals surface area contributed by atoms with Gasteiger partial charge in [-0.2, -0.15) is 0 Å². The van der Waals surface area contributed by atoms with Gasteiger partial charge in [-0.25, -0.2) is 0 Å². The maximum absolute atomic E-state index is 12.3. The zero-order chi connectivity index (χ0) is 22.5.